The number of hydrogen-bond acceptors (Lipinski definition) is 4. The maximum absolute atomic E-state index is 9.96. The number of thioether (sulfide) groups is 1. The lowest BCUT2D eigenvalue weighted by Crippen LogP contribution is -2.35. The van der Waals surface area contributed by atoms with E-state index >= 15 is 0 Å². The van der Waals surface area contributed by atoms with Crippen molar-refractivity contribution in [2.45, 2.75) is 25.0 Å². The van der Waals surface area contributed by atoms with Crippen LogP contribution in [0.1, 0.15) is 24.5 Å². The van der Waals surface area contributed by atoms with Crippen molar-refractivity contribution >= 4 is 11.8 Å². The number of pyridine rings is 1. The number of aromatic nitrogens is 1. The van der Waals surface area contributed by atoms with Gasteiger partial charge >= 0.3 is 0 Å². The highest BCUT2D eigenvalue weighted by Crippen LogP contribution is 2.18. The van der Waals surface area contributed by atoms with Gasteiger partial charge in [0.15, 0.2) is 0 Å². The minimum Gasteiger partial charge on any atom is -0.387 e. The first-order chi connectivity index (χ1) is 7.86. The standard InChI is InChI=1S/C12H18N2OS/c15-12(10-1-5-13-6-2-10)9-14-11-3-7-16-8-4-11/h1-2,5-6,11-12,14-15H,3-4,7-9H2. The first-order valence-corrected chi connectivity index (χ1v) is 6.91. The molecule has 0 aliphatic carbocycles. The van der Waals surface area contributed by atoms with Crippen molar-refractivity contribution < 1.29 is 5.11 Å². The van der Waals surface area contributed by atoms with Gasteiger partial charge in [0.05, 0.1) is 6.10 Å². The fraction of sp³-hybridized carbons (Fsp3) is 0.583. The Bertz CT molecular complexity index is 301. The molecule has 1 aliphatic heterocycles. The molecule has 1 aromatic rings. The van der Waals surface area contributed by atoms with Crippen molar-refractivity contribution in [2.24, 2.45) is 0 Å². The molecule has 16 heavy (non-hydrogen) atoms. The van der Waals surface area contributed by atoms with Crippen LogP contribution in [0.3, 0.4) is 0 Å². The van der Waals surface area contributed by atoms with Gasteiger partial charge in [-0.25, -0.2) is 0 Å². The molecule has 4 heteroatoms. The molecule has 1 aromatic heterocycles. The summed E-state index contributed by atoms with van der Waals surface area (Å²) >= 11 is 2.02. The van der Waals surface area contributed by atoms with Gasteiger partial charge in [-0.3, -0.25) is 4.98 Å². The molecule has 1 fully saturated rings. The van der Waals surface area contributed by atoms with Gasteiger partial charge in [0.1, 0.15) is 0 Å². The van der Waals surface area contributed by atoms with Gasteiger partial charge < -0.3 is 10.4 Å². The molecule has 2 N–H and O–H groups in total. The lowest BCUT2D eigenvalue weighted by Gasteiger charge is -2.24. The van der Waals surface area contributed by atoms with Crippen LogP contribution >= 0.6 is 11.8 Å². The minimum atomic E-state index is -0.419. The molecule has 1 atom stereocenters. The molecule has 0 bridgehead atoms. The number of aliphatic hydroxyl groups is 1. The largest absolute Gasteiger partial charge is 0.387 e. The summed E-state index contributed by atoms with van der Waals surface area (Å²) in [5.41, 5.74) is 0.938. The molecular weight excluding hydrogens is 220 g/mol. The van der Waals surface area contributed by atoms with Crippen LogP contribution in [0.2, 0.25) is 0 Å². The Kier molecular flexibility index (Phi) is 4.63. The molecule has 2 rings (SSSR count). The number of nitrogens with zero attached hydrogens (tertiary/aromatic N) is 1. The van der Waals surface area contributed by atoms with E-state index in [1.807, 2.05) is 23.9 Å². The molecule has 1 aliphatic rings. The van der Waals surface area contributed by atoms with Crippen molar-refractivity contribution in [3.05, 3.63) is 30.1 Å². The van der Waals surface area contributed by atoms with Gasteiger partial charge in [-0.2, -0.15) is 11.8 Å². The average Bonchev–Trinajstić information content (AvgIpc) is 2.38. The number of hydrogen-bond donors (Lipinski definition) is 2. The average molecular weight is 238 g/mol. The second-order valence-corrected chi connectivity index (χ2v) is 5.32. The fourth-order valence-corrected chi connectivity index (χ4v) is 2.99. The quantitative estimate of drug-likeness (QED) is 0.836. The molecular formula is C12H18N2OS. The predicted octanol–water partition coefficient (Wildman–Crippen LogP) is 1.60. The highest BCUT2D eigenvalue weighted by atomic mass is 32.2. The molecule has 1 unspecified atom stereocenters. The molecule has 88 valence electrons. The molecule has 0 radical (unpaired) electrons. The van der Waals surface area contributed by atoms with Crippen LogP contribution in [0.5, 0.6) is 0 Å². The zero-order valence-corrected chi connectivity index (χ0v) is 10.1. The van der Waals surface area contributed by atoms with Crippen LogP contribution in [-0.4, -0.2) is 34.2 Å². The van der Waals surface area contributed by atoms with E-state index in [1.54, 1.807) is 12.4 Å². The molecule has 1 saturated heterocycles. The zero-order valence-electron chi connectivity index (χ0n) is 9.30. The van der Waals surface area contributed by atoms with Crippen molar-refractivity contribution in [3.8, 4) is 0 Å². The monoisotopic (exact) mass is 238 g/mol. The van der Waals surface area contributed by atoms with E-state index in [9.17, 15) is 5.11 Å². The van der Waals surface area contributed by atoms with Crippen molar-refractivity contribution in [2.75, 3.05) is 18.1 Å². The Morgan fingerprint density at radius 2 is 2.06 bits per heavy atom. The number of rotatable bonds is 4. The normalized spacial score (nSPS) is 19.6. The summed E-state index contributed by atoms with van der Waals surface area (Å²) in [5.74, 6) is 2.48. The van der Waals surface area contributed by atoms with Gasteiger partial charge in [-0.05, 0) is 42.0 Å². The van der Waals surface area contributed by atoms with Gasteiger partial charge in [0, 0.05) is 25.0 Å². The summed E-state index contributed by atoms with van der Waals surface area (Å²) in [6.07, 6.45) is 5.45. The first-order valence-electron chi connectivity index (χ1n) is 5.75. The second kappa shape index (κ2) is 6.23. The Morgan fingerprint density at radius 3 is 2.75 bits per heavy atom. The third kappa shape index (κ3) is 3.47. The fourth-order valence-electron chi connectivity index (χ4n) is 1.88. The van der Waals surface area contributed by atoms with Crippen LogP contribution in [-0.2, 0) is 0 Å². The van der Waals surface area contributed by atoms with E-state index in [2.05, 4.69) is 10.3 Å². The third-order valence-electron chi connectivity index (χ3n) is 2.91. The topological polar surface area (TPSA) is 45.1 Å². The molecule has 0 spiro atoms. The van der Waals surface area contributed by atoms with E-state index in [0.717, 1.165) is 5.56 Å². The Balaban J connectivity index is 1.77. The van der Waals surface area contributed by atoms with E-state index in [0.29, 0.717) is 12.6 Å². The zero-order chi connectivity index (χ0) is 11.2. The summed E-state index contributed by atoms with van der Waals surface area (Å²) in [6, 6.07) is 4.31. The molecule has 3 nitrogen and oxygen atoms in total. The van der Waals surface area contributed by atoms with Crippen LogP contribution in [0.4, 0.5) is 0 Å². The van der Waals surface area contributed by atoms with Crippen LogP contribution in [0.15, 0.2) is 24.5 Å². The van der Waals surface area contributed by atoms with Gasteiger partial charge in [0.2, 0.25) is 0 Å². The number of nitrogens with one attached hydrogen (secondary N) is 1. The lowest BCUT2D eigenvalue weighted by atomic mass is 10.1. The van der Waals surface area contributed by atoms with E-state index in [4.69, 9.17) is 0 Å². The summed E-state index contributed by atoms with van der Waals surface area (Å²) in [4.78, 5) is 3.94. The van der Waals surface area contributed by atoms with Gasteiger partial charge in [0.25, 0.3) is 0 Å². The maximum Gasteiger partial charge on any atom is 0.0915 e. The SMILES string of the molecule is OC(CNC1CCSCC1)c1ccncc1. The summed E-state index contributed by atoms with van der Waals surface area (Å²) < 4.78 is 0. The Morgan fingerprint density at radius 1 is 1.38 bits per heavy atom. The summed E-state index contributed by atoms with van der Waals surface area (Å²) in [5, 5.41) is 13.4. The van der Waals surface area contributed by atoms with Crippen molar-refractivity contribution in [3.63, 3.8) is 0 Å². The molecule has 0 aromatic carbocycles. The van der Waals surface area contributed by atoms with Gasteiger partial charge in [-0.1, -0.05) is 0 Å². The van der Waals surface area contributed by atoms with Crippen LogP contribution in [0.25, 0.3) is 0 Å². The van der Waals surface area contributed by atoms with Crippen molar-refractivity contribution in [1.29, 1.82) is 0 Å². The third-order valence-corrected chi connectivity index (χ3v) is 3.96. The Labute approximate surface area is 101 Å². The second-order valence-electron chi connectivity index (χ2n) is 4.09. The smallest absolute Gasteiger partial charge is 0.0915 e. The lowest BCUT2D eigenvalue weighted by molar-refractivity contribution is 0.168. The van der Waals surface area contributed by atoms with E-state index in [-0.39, 0.29) is 0 Å². The van der Waals surface area contributed by atoms with E-state index in [1.165, 1.54) is 24.3 Å². The first kappa shape index (κ1) is 11.9. The highest BCUT2D eigenvalue weighted by Gasteiger charge is 2.15. The van der Waals surface area contributed by atoms with Crippen LogP contribution < -0.4 is 5.32 Å². The van der Waals surface area contributed by atoms with E-state index < -0.39 is 6.10 Å². The molecule has 0 saturated carbocycles. The van der Waals surface area contributed by atoms with Gasteiger partial charge in [-0.15, -0.1) is 0 Å². The minimum absolute atomic E-state index is 0.419. The van der Waals surface area contributed by atoms with Crippen LogP contribution in [0, 0.1) is 0 Å². The maximum atomic E-state index is 9.96. The summed E-state index contributed by atoms with van der Waals surface area (Å²) in [6.45, 7) is 0.638. The molecule has 2 heterocycles. The summed E-state index contributed by atoms with van der Waals surface area (Å²) in [7, 11) is 0. The molecule has 0 amide bonds. The number of aliphatic hydroxyl groups excluding tert-OH is 1. The van der Waals surface area contributed by atoms with Crippen molar-refractivity contribution in [1.82, 2.24) is 10.3 Å². The predicted molar refractivity (Wildman–Crippen MR) is 67.5 cm³/mol. The highest BCUT2D eigenvalue weighted by molar-refractivity contribution is 7.99. The Hall–Kier alpha value is -0.580.